The predicted molar refractivity (Wildman–Crippen MR) is 109 cm³/mol. The SMILES string of the molecule is Cl.NCCc1ccc(Oc2ccc(F)c(C(=O)N3CCC(CO)CC3)c2)cc1. The molecule has 1 amide bonds. The molecule has 152 valence electrons. The van der Waals surface area contributed by atoms with Crippen LogP contribution in [0.1, 0.15) is 28.8 Å². The van der Waals surface area contributed by atoms with Gasteiger partial charge in [0.15, 0.2) is 0 Å². The summed E-state index contributed by atoms with van der Waals surface area (Å²) in [6, 6.07) is 11.7. The quantitative estimate of drug-likeness (QED) is 0.768. The fourth-order valence-electron chi connectivity index (χ4n) is 3.25. The molecule has 28 heavy (non-hydrogen) atoms. The summed E-state index contributed by atoms with van der Waals surface area (Å²) in [6.07, 6.45) is 2.26. The van der Waals surface area contributed by atoms with E-state index in [9.17, 15) is 14.3 Å². The smallest absolute Gasteiger partial charge is 0.256 e. The first-order valence-corrected chi connectivity index (χ1v) is 9.27. The standard InChI is InChI=1S/C21H25FN2O3.ClH/c22-20-6-5-18(27-17-3-1-15(2-4-17)7-10-23)13-19(20)21(26)24-11-8-16(14-25)9-12-24;/h1-6,13,16,25H,7-12,14,23H2;1H. The lowest BCUT2D eigenvalue weighted by molar-refractivity contribution is 0.0646. The Kier molecular flexibility index (Phi) is 8.23. The molecule has 0 bridgehead atoms. The molecule has 0 saturated carbocycles. The lowest BCUT2D eigenvalue weighted by Crippen LogP contribution is -2.39. The molecule has 0 spiro atoms. The average molecular weight is 409 g/mol. The van der Waals surface area contributed by atoms with E-state index in [2.05, 4.69) is 0 Å². The zero-order valence-electron chi connectivity index (χ0n) is 15.6. The van der Waals surface area contributed by atoms with Crippen molar-refractivity contribution in [2.75, 3.05) is 26.2 Å². The molecule has 0 radical (unpaired) electrons. The second-order valence-electron chi connectivity index (χ2n) is 6.84. The zero-order chi connectivity index (χ0) is 19.2. The molecule has 0 unspecified atom stereocenters. The largest absolute Gasteiger partial charge is 0.457 e. The van der Waals surface area contributed by atoms with Crippen molar-refractivity contribution in [1.29, 1.82) is 0 Å². The van der Waals surface area contributed by atoms with E-state index in [1.807, 2.05) is 24.3 Å². The highest BCUT2D eigenvalue weighted by Gasteiger charge is 2.25. The van der Waals surface area contributed by atoms with E-state index in [0.29, 0.717) is 31.1 Å². The van der Waals surface area contributed by atoms with E-state index in [1.54, 1.807) is 4.90 Å². The minimum Gasteiger partial charge on any atom is -0.457 e. The first-order valence-electron chi connectivity index (χ1n) is 9.27. The van der Waals surface area contributed by atoms with E-state index >= 15 is 0 Å². The Hall–Kier alpha value is -2.15. The minimum absolute atomic E-state index is 0. The van der Waals surface area contributed by atoms with Crippen LogP contribution in [0.4, 0.5) is 4.39 Å². The summed E-state index contributed by atoms with van der Waals surface area (Å²) >= 11 is 0. The van der Waals surface area contributed by atoms with E-state index < -0.39 is 5.82 Å². The van der Waals surface area contributed by atoms with E-state index in [4.69, 9.17) is 10.5 Å². The molecule has 1 aliphatic heterocycles. The van der Waals surface area contributed by atoms with Crippen LogP contribution in [0, 0.1) is 11.7 Å². The maximum Gasteiger partial charge on any atom is 0.256 e. The molecule has 1 heterocycles. The molecule has 2 aromatic carbocycles. The predicted octanol–water partition coefficient (Wildman–Crippen LogP) is 3.39. The van der Waals surface area contributed by atoms with Crippen LogP contribution in [0.3, 0.4) is 0 Å². The number of aliphatic hydroxyl groups excluding tert-OH is 1. The molecule has 0 aliphatic carbocycles. The topological polar surface area (TPSA) is 75.8 Å². The van der Waals surface area contributed by atoms with Crippen LogP contribution in [-0.4, -0.2) is 42.2 Å². The number of carbonyl (C=O) groups excluding carboxylic acids is 1. The van der Waals surface area contributed by atoms with Crippen molar-refractivity contribution in [3.8, 4) is 11.5 Å². The summed E-state index contributed by atoms with van der Waals surface area (Å²) in [6.45, 7) is 1.76. The second kappa shape index (κ2) is 10.4. The number of nitrogens with two attached hydrogens (primary N) is 1. The zero-order valence-corrected chi connectivity index (χ0v) is 16.5. The number of hydrogen-bond donors (Lipinski definition) is 2. The number of carbonyl (C=O) groups is 1. The van der Waals surface area contributed by atoms with E-state index in [-0.39, 0.29) is 36.4 Å². The molecule has 1 saturated heterocycles. The molecule has 2 aromatic rings. The molecule has 0 aromatic heterocycles. The van der Waals surface area contributed by atoms with Crippen molar-refractivity contribution in [3.05, 3.63) is 59.4 Å². The number of piperidine rings is 1. The highest BCUT2D eigenvalue weighted by Crippen LogP contribution is 2.26. The summed E-state index contributed by atoms with van der Waals surface area (Å²) < 4.78 is 20.0. The summed E-state index contributed by atoms with van der Waals surface area (Å²) in [5, 5.41) is 9.21. The van der Waals surface area contributed by atoms with Gasteiger partial charge in [-0.15, -0.1) is 12.4 Å². The number of rotatable bonds is 6. The Morgan fingerprint density at radius 2 is 1.79 bits per heavy atom. The van der Waals surface area contributed by atoms with Crippen LogP contribution in [-0.2, 0) is 6.42 Å². The normalized spacial score (nSPS) is 14.5. The Morgan fingerprint density at radius 3 is 2.39 bits per heavy atom. The molecule has 7 heteroatoms. The number of nitrogens with zero attached hydrogens (tertiary/aromatic N) is 1. The van der Waals surface area contributed by atoms with Gasteiger partial charge < -0.3 is 20.5 Å². The van der Waals surface area contributed by atoms with E-state index in [0.717, 1.165) is 24.8 Å². The number of likely N-dealkylation sites (tertiary alicyclic amines) is 1. The Bertz CT molecular complexity index is 778. The van der Waals surface area contributed by atoms with Crippen molar-refractivity contribution >= 4 is 18.3 Å². The number of benzene rings is 2. The molecule has 0 atom stereocenters. The summed E-state index contributed by atoms with van der Waals surface area (Å²) in [5.74, 6) is 0.347. The Morgan fingerprint density at radius 1 is 1.14 bits per heavy atom. The van der Waals surface area contributed by atoms with Gasteiger partial charge in [0.2, 0.25) is 0 Å². The fourth-order valence-corrected chi connectivity index (χ4v) is 3.25. The third kappa shape index (κ3) is 5.44. The lowest BCUT2D eigenvalue weighted by Gasteiger charge is -2.31. The molecule has 1 aliphatic rings. The summed E-state index contributed by atoms with van der Waals surface area (Å²) in [7, 11) is 0. The first kappa shape index (κ1) is 22.1. The van der Waals surface area contributed by atoms with Crippen molar-refractivity contribution < 1.29 is 19.0 Å². The third-order valence-electron chi connectivity index (χ3n) is 4.92. The minimum atomic E-state index is -0.560. The number of hydrogen-bond acceptors (Lipinski definition) is 4. The van der Waals surface area contributed by atoms with Gasteiger partial charge in [0.05, 0.1) is 5.56 Å². The van der Waals surface area contributed by atoms with Gasteiger partial charge in [0.25, 0.3) is 5.91 Å². The molecule has 5 nitrogen and oxygen atoms in total. The summed E-state index contributed by atoms with van der Waals surface area (Å²) in [5.41, 5.74) is 6.67. The van der Waals surface area contributed by atoms with E-state index in [1.165, 1.54) is 18.2 Å². The van der Waals surface area contributed by atoms with Gasteiger partial charge in [-0.05, 0) is 67.6 Å². The van der Waals surface area contributed by atoms with Crippen LogP contribution in [0.2, 0.25) is 0 Å². The maximum absolute atomic E-state index is 14.2. The maximum atomic E-state index is 14.2. The van der Waals surface area contributed by atoms with Crippen molar-refractivity contribution in [3.63, 3.8) is 0 Å². The van der Waals surface area contributed by atoms with Gasteiger partial charge in [-0.3, -0.25) is 4.79 Å². The number of amides is 1. The van der Waals surface area contributed by atoms with Crippen LogP contribution in [0.5, 0.6) is 11.5 Å². The molecule has 1 fully saturated rings. The van der Waals surface area contributed by atoms with Crippen LogP contribution < -0.4 is 10.5 Å². The Balaban J connectivity index is 0.00000280. The van der Waals surface area contributed by atoms with Crippen molar-refractivity contribution in [2.45, 2.75) is 19.3 Å². The monoisotopic (exact) mass is 408 g/mol. The van der Waals surface area contributed by atoms with Crippen molar-refractivity contribution in [1.82, 2.24) is 4.90 Å². The second-order valence-corrected chi connectivity index (χ2v) is 6.84. The third-order valence-corrected chi connectivity index (χ3v) is 4.92. The molecule has 3 rings (SSSR count). The number of halogens is 2. The highest BCUT2D eigenvalue weighted by molar-refractivity contribution is 5.95. The first-order chi connectivity index (χ1) is 13.1. The molecular weight excluding hydrogens is 383 g/mol. The number of ether oxygens (including phenoxy) is 1. The van der Waals surface area contributed by atoms with Crippen LogP contribution in [0.15, 0.2) is 42.5 Å². The fraction of sp³-hybridized carbons (Fsp3) is 0.381. The highest BCUT2D eigenvalue weighted by atomic mass is 35.5. The van der Waals surface area contributed by atoms with Gasteiger partial charge in [-0.2, -0.15) is 0 Å². The molecular formula is C21H26ClFN2O3. The Labute approximate surface area is 170 Å². The van der Waals surface area contributed by atoms with Crippen molar-refractivity contribution in [2.24, 2.45) is 11.7 Å². The summed E-state index contributed by atoms with van der Waals surface area (Å²) in [4.78, 5) is 14.3. The van der Waals surface area contributed by atoms with Crippen LogP contribution >= 0.6 is 12.4 Å². The van der Waals surface area contributed by atoms with Gasteiger partial charge >= 0.3 is 0 Å². The lowest BCUT2D eigenvalue weighted by atomic mass is 9.97. The van der Waals surface area contributed by atoms with Gasteiger partial charge in [0, 0.05) is 19.7 Å². The van der Waals surface area contributed by atoms with Gasteiger partial charge in [0.1, 0.15) is 17.3 Å². The van der Waals surface area contributed by atoms with Crippen LogP contribution in [0.25, 0.3) is 0 Å². The number of aliphatic hydroxyl groups is 1. The van der Waals surface area contributed by atoms with Gasteiger partial charge in [-0.25, -0.2) is 4.39 Å². The average Bonchev–Trinajstić information content (AvgIpc) is 2.70. The molecule has 3 N–H and O–H groups in total. The van der Waals surface area contributed by atoms with Gasteiger partial charge in [-0.1, -0.05) is 12.1 Å².